The fraction of sp³-hybridized carbons (Fsp3) is 0.200. The highest BCUT2D eigenvalue weighted by molar-refractivity contribution is 5.58. The van der Waals surface area contributed by atoms with Crippen molar-refractivity contribution in [2.24, 2.45) is 0 Å². The molecule has 1 N–H and O–H groups in total. The number of rotatable bonds is 1. The molecule has 3 nitrogen and oxygen atoms in total. The first kappa shape index (κ1) is 10.7. The van der Waals surface area contributed by atoms with Gasteiger partial charge in [-0.2, -0.15) is 18.3 Å². The summed E-state index contributed by atoms with van der Waals surface area (Å²) in [6, 6.07) is 4.36. The Hall–Kier alpha value is -1.85. The molecule has 84 valence electrons. The molecule has 0 aliphatic rings. The SMILES string of the molecule is Cc1ccc(-c2cc(C(F)(F)F)[nH]n2)cn1. The van der Waals surface area contributed by atoms with E-state index in [1.54, 1.807) is 19.1 Å². The standard InChI is InChI=1S/C10H8F3N3/c1-6-2-3-7(5-14-6)8-4-9(16-15-8)10(11,12)13/h2-5H,1H3,(H,15,16). The van der Waals surface area contributed by atoms with Gasteiger partial charge in [-0.25, -0.2) is 0 Å². The third kappa shape index (κ3) is 2.05. The van der Waals surface area contributed by atoms with Gasteiger partial charge in [-0.15, -0.1) is 0 Å². The van der Waals surface area contributed by atoms with Gasteiger partial charge in [0.15, 0.2) is 0 Å². The number of aryl methyl sites for hydroxylation is 1. The molecular formula is C10H8F3N3. The molecular weight excluding hydrogens is 219 g/mol. The molecule has 2 heterocycles. The highest BCUT2D eigenvalue weighted by atomic mass is 19.4. The van der Waals surface area contributed by atoms with Gasteiger partial charge >= 0.3 is 6.18 Å². The largest absolute Gasteiger partial charge is 0.432 e. The maximum Gasteiger partial charge on any atom is 0.432 e. The lowest BCUT2D eigenvalue weighted by atomic mass is 10.2. The number of nitrogens with one attached hydrogen (secondary N) is 1. The second-order valence-corrected chi connectivity index (χ2v) is 3.35. The summed E-state index contributed by atoms with van der Waals surface area (Å²) in [6.07, 6.45) is -2.91. The molecule has 16 heavy (non-hydrogen) atoms. The molecule has 2 aromatic heterocycles. The number of nitrogens with zero attached hydrogens (tertiary/aromatic N) is 2. The second kappa shape index (κ2) is 3.62. The monoisotopic (exact) mass is 227 g/mol. The number of pyridine rings is 1. The Balaban J connectivity index is 2.35. The lowest BCUT2D eigenvalue weighted by molar-refractivity contribution is -0.141. The van der Waals surface area contributed by atoms with Crippen LogP contribution in [0.2, 0.25) is 0 Å². The first-order valence-electron chi connectivity index (χ1n) is 4.52. The topological polar surface area (TPSA) is 41.6 Å². The molecule has 0 saturated carbocycles. The van der Waals surface area contributed by atoms with Crippen LogP contribution in [0.5, 0.6) is 0 Å². The van der Waals surface area contributed by atoms with Gasteiger partial charge in [-0.3, -0.25) is 10.1 Å². The van der Waals surface area contributed by atoms with Gasteiger partial charge in [0.2, 0.25) is 0 Å². The number of H-pyrrole nitrogens is 1. The Morgan fingerprint density at radius 3 is 2.50 bits per heavy atom. The lowest BCUT2D eigenvalue weighted by Gasteiger charge is -2.00. The van der Waals surface area contributed by atoms with Crippen molar-refractivity contribution in [2.75, 3.05) is 0 Å². The van der Waals surface area contributed by atoms with Crippen molar-refractivity contribution < 1.29 is 13.2 Å². The van der Waals surface area contributed by atoms with Crippen molar-refractivity contribution >= 4 is 0 Å². The average Bonchev–Trinajstić information content (AvgIpc) is 2.67. The number of halogens is 3. The first-order valence-corrected chi connectivity index (χ1v) is 4.52. The molecule has 0 aliphatic carbocycles. The molecule has 0 unspecified atom stereocenters. The van der Waals surface area contributed by atoms with Gasteiger partial charge in [0, 0.05) is 17.5 Å². The van der Waals surface area contributed by atoms with E-state index >= 15 is 0 Å². The molecule has 0 saturated heterocycles. The van der Waals surface area contributed by atoms with E-state index in [0.29, 0.717) is 5.56 Å². The van der Waals surface area contributed by atoms with Crippen LogP contribution in [0.15, 0.2) is 24.4 Å². The Bertz CT molecular complexity index is 485. The maximum absolute atomic E-state index is 12.3. The third-order valence-corrected chi connectivity index (χ3v) is 2.09. The van der Waals surface area contributed by atoms with Crippen LogP contribution < -0.4 is 0 Å². The summed E-state index contributed by atoms with van der Waals surface area (Å²) in [5.41, 5.74) is 0.732. The number of aromatic nitrogens is 3. The molecule has 0 spiro atoms. The Kier molecular flexibility index (Phi) is 2.41. The van der Waals surface area contributed by atoms with Gasteiger partial charge in [0.05, 0.1) is 5.69 Å². The number of hydrogen-bond donors (Lipinski definition) is 1. The first-order chi connectivity index (χ1) is 7.47. The molecule has 0 atom stereocenters. The highest BCUT2D eigenvalue weighted by Gasteiger charge is 2.33. The number of hydrogen-bond acceptors (Lipinski definition) is 2. The van der Waals surface area contributed by atoms with E-state index in [-0.39, 0.29) is 5.69 Å². The zero-order valence-electron chi connectivity index (χ0n) is 8.34. The van der Waals surface area contributed by atoms with E-state index in [9.17, 15) is 13.2 Å². The zero-order chi connectivity index (χ0) is 11.8. The van der Waals surface area contributed by atoms with Crippen molar-refractivity contribution in [3.05, 3.63) is 35.8 Å². The zero-order valence-corrected chi connectivity index (χ0v) is 8.34. The highest BCUT2D eigenvalue weighted by Crippen LogP contribution is 2.29. The van der Waals surface area contributed by atoms with E-state index in [0.717, 1.165) is 11.8 Å². The summed E-state index contributed by atoms with van der Waals surface area (Å²) < 4.78 is 36.9. The Morgan fingerprint density at radius 2 is 2.00 bits per heavy atom. The van der Waals surface area contributed by atoms with Crippen molar-refractivity contribution in [3.8, 4) is 11.3 Å². The second-order valence-electron chi connectivity index (χ2n) is 3.35. The lowest BCUT2D eigenvalue weighted by Crippen LogP contribution is -2.04. The van der Waals surface area contributed by atoms with Crippen LogP contribution in [0.4, 0.5) is 13.2 Å². The van der Waals surface area contributed by atoms with Crippen LogP contribution in [0.25, 0.3) is 11.3 Å². The van der Waals surface area contributed by atoms with Gasteiger partial charge < -0.3 is 0 Å². The summed E-state index contributed by atoms with van der Waals surface area (Å²) in [6.45, 7) is 1.80. The fourth-order valence-electron chi connectivity index (χ4n) is 1.23. The smallest absolute Gasteiger partial charge is 0.273 e. The van der Waals surface area contributed by atoms with E-state index in [2.05, 4.69) is 10.1 Å². The molecule has 0 radical (unpaired) electrons. The van der Waals surface area contributed by atoms with Crippen molar-refractivity contribution in [2.45, 2.75) is 13.1 Å². The van der Waals surface area contributed by atoms with Crippen molar-refractivity contribution in [1.82, 2.24) is 15.2 Å². The quantitative estimate of drug-likeness (QED) is 0.813. The number of aromatic amines is 1. The van der Waals surface area contributed by atoms with Crippen LogP contribution in [0.1, 0.15) is 11.4 Å². The molecule has 2 aromatic rings. The van der Waals surface area contributed by atoms with E-state index in [4.69, 9.17) is 0 Å². The molecule has 0 fully saturated rings. The van der Waals surface area contributed by atoms with Crippen LogP contribution in [-0.2, 0) is 6.18 Å². The van der Waals surface area contributed by atoms with Crippen molar-refractivity contribution in [3.63, 3.8) is 0 Å². The van der Waals surface area contributed by atoms with Gasteiger partial charge in [-0.1, -0.05) is 0 Å². The van der Waals surface area contributed by atoms with Crippen LogP contribution >= 0.6 is 0 Å². The summed E-state index contributed by atoms with van der Waals surface area (Å²) in [7, 11) is 0. The summed E-state index contributed by atoms with van der Waals surface area (Å²) in [5, 5.41) is 5.55. The summed E-state index contributed by atoms with van der Waals surface area (Å²) in [5.74, 6) is 0. The molecule has 0 aliphatic heterocycles. The molecule has 2 rings (SSSR count). The average molecular weight is 227 g/mol. The molecule has 6 heteroatoms. The summed E-state index contributed by atoms with van der Waals surface area (Å²) >= 11 is 0. The molecule has 0 bridgehead atoms. The Labute approximate surface area is 89.3 Å². The Morgan fingerprint density at radius 1 is 1.25 bits per heavy atom. The maximum atomic E-state index is 12.3. The predicted molar refractivity (Wildman–Crippen MR) is 51.6 cm³/mol. The molecule has 0 aromatic carbocycles. The normalized spacial score (nSPS) is 11.8. The summed E-state index contributed by atoms with van der Waals surface area (Å²) in [4.78, 5) is 3.99. The predicted octanol–water partition coefficient (Wildman–Crippen LogP) is 2.80. The minimum Gasteiger partial charge on any atom is -0.273 e. The minimum atomic E-state index is -4.40. The van der Waals surface area contributed by atoms with Crippen LogP contribution in [0.3, 0.4) is 0 Å². The van der Waals surface area contributed by atoms with E-state index < -0.39 is 11.9 Å². The van der Waals surface area contributed by atoms with Gasteiger partial charge in [0.1, 0.15) is 5.69 Å². The molecule has 0 amide bonds. The van der Waals surface area contributed by atoms with Crippen LogP contribution in [0, 0.1) is 6.92 Å². The fourth-order valence-corrected chi connectivity index (χ4v) is 1.23. The van der Waals surface area contributed by atoms with E-state index in [1.165, 1.54) is 6.20 Å². The third-order valence-electron chi connectivity index (χ3n) is 2.09. The number of alkyl halides is 3. The van der Waals surface area contributed by atoms with Crippen molar-refractivity contribution in [1.29, 1.82) is 0 Å². The van der Waals surface area contributed by atoms with Gasteiger partial charge in [-0.05, 0) is 25.1 Å². The van der Waals surface area contributed by atoms with E-state index in [1.807, 2.05) is 5.10 Å². The van der Waals surface area contributed by atoms with Crippen LogP contribution in [-0.4, -0.2) is 15.2 Å². The minimum absolute atomic E-state index is 0.236. The van der Waals surface area contributed by atoms with Gasteiger partial charge in [0.25, 0.3) is 0 Å².